The maximum Gasteiger partial charge on any atom is 0.155 e. The number of hydrogen-bond acceptors (Lipinski definition) is 3. The minimum Gasteiger partial charge on any atom is -0.455 e. The zero-order valence-corrected chi connectivity index (χ0v) is 12.7. The minimum absolute atomic E-state index is 0.304. The molecular weight excluding hydrogens is 268 g/mol. The van der Waals surface area contributed by atoms with Crippen molar-refractivity contribution in [1.29, 1.82) is 0 Å². The zero-order valence-electron chi connectivity index (χ0n) is 11.9. The molecule has 1 aromatic heterocycles. The van der Waals surface area contributed by atoms with E-state index >= 15 is 0 Å². The number of ether oxygens (including phenoxy) is 1. The summed E-state index contributed by atoms with van der Waals surface area (Å²) >= 11 is 5.02. The van der Waals surface area contributed by atoms with E-state index < -0.39 is 0 Å². The summed E-state index contributed by atoms with van der Waals surface area (Å²) in [5, 5.41) is 0. The van der Waals surface area contributed by atoms with Crippen molar-refractivity contribution in [3.05, 3.63) is 53.3 Å². The Labute approximate surface area is 124 Å². The molecule has 0 bridgehead atoms. The first-order valence-electron chi connectivity index (χ1n) is 6.51. The molecule has 0 atom stereocenters. The molecule has 20 heavy (non-hydrogen) atoms. The lowest BCUT2D eigenvalue weighted by Gasteiger charge is -2.13. The number of nitrogens with zero attached hydrogens (tertiary/aromatic N) is 1. The summed E-state index contributed by atoms with van der Waals surface area (Å²) in [4.78, 5) is 4.36. The van der Waals surface area contributed by atoms with Gasteiger partial charge in [0.2, 0.25) is 0 Å². The molecule has 0 saturated carbocycles. The van der Waals surface area contributed by atoms with Crippen LogP contribution in [0.3, 0.4) is 0 Å². The second kappa shape index (κ2) is 6.01. The van der Waals surface area contributed by atoms with Crippen molar-refractivity contribution < 1.29 is 4.74 Å². The number of thiocarbonyl (C=S) groups is 1. The summed E-state index contributed by atoms with van der Waals surface area (Å²) in [6, 6.07) is 7.82. The highest BCUT2D eigenvalue weighted by Crippen LogP contribution is 2.28. The van der Waals surface area contributed by atoms with Crippen molar-refractivity contribution in [2.75, 3.05) is 0 Å². The fraction of sp³-hybridized carbons (Fsp3) is 0.250. The Morgan fingerprint density at radius 3 is 2.65 bits per heavy atom. The van der Waals surface area contributed by atoms with Crippen molar-refractivity contribution in [2.24, 2.45) is 5.73 Å². The largest absolute Gasteiger partial charge is 0.455 e. The molecule has 0 saturated heterocycles. The van der Waals surface area contributed by atoms with Crippen LogP contribution in [0.15, 0.2) is 36.7 Å². The van der Waals surface area contributed by atoms with E-state index in [9.17, 15) is 0 Å². The van der Waals surface area contributed by atoms with Crippen LogP contribution in [0, 0.1) is 6.92 Å². The second-order valence-electron chi connectivity index (χ2n) is 5.01. The van der Waals surface area contributed by atoms with E-state index in [-0.39, 0.29) is 0 Å². The van der Waals surface area contributed by atoms with Crippen LogP contribution >= 0.6 is 12.2 Å². The third-order valence-electron chi connectivity index (χ3n) is 3.14. The number of hydrogen-bond donors (Lipinski definition) is 1. The van der Waals surface area contributed by atoms with Gasteiger partial charge in [-0.05, 0) is 42.2 Å². The van der Waals surface area contributed by atoms with E-state index in [0.29, 0.717) is 22.2 Å². The van der Waals surface area contributed by atoms with Crippen molar-refractivity contribution in [1.82, 2.24) is 4.98 Å². The first kappa shape index (κ1) is 14.5. The Kier molecular flexibility index (Phi) is 4.35. The molecule has 4 heteroatoms. The first-order valence-corrected chi connectivity index (χ1v) is 6.92. The maximum absolute atomic E-state index is 5.86. The average molecular weight is 286 g/mol. The maximum atomic E-state index is 5.86. The smallest absolute Gasteiger partial charge is 0.155 e. The van der Waals surface area contributed by atoms with Crippen LogP contribution in [0.25, 0.3) is 0 Å². The normalized spacial score (nSPS) is 10.6. The molecule has 0 aliphatic heterocycles. The highest BCUT2D eigenvalue weighted by molar-refractivity contribution is 7.80. The SMILES string of the molecule is Cc1cc(Oc2cnccc2C(N)=S)ccc1C(C)C. The van der Waals surface area contributed by atoms with Crippen molar-refractivity contribution in [3.8, 4) is 11.5 Å². The highest BCUT2D eigenvalue weighted by Gasteiger charge is 2.09. The topological polar surface area (TPSA) is 48.1 Å². The van der Waals surface area contributed by atoms with Crippen LogP contribution < -0.4 is 10.5 Å². The van der Waals surface area contributed by atoms with Gasteiger partial charge in [0.05, 0.1) is 11.8 Å². The molecular formula is C16H18N2OS. The Bertz CT molecular complexity index is 638. The molecule has 0 aliphatic rings. The van der Waals surface area contributed by atoms with Crippen LogP contribution in [0.2, 0.25) is 0 Å². The monoisotopic (exact) mass is 286 g/mol. The molecule has 2 N–H and O–H groups in total. The van der Waals surface area contributed by atoms with Crippen LogP contribution in [0.4, 0.5) is 0 Å². The summed E-state index contributed by atoms with van der Waals surface area (Å²) < 4.78 is 5.86. The second-order valence-corrected chi connectivity index (χ2v) is 5.45. The third-order valence-corrected chi connectivity index (χ3v) is 3.36. The Balaban J connectivity index is 2.31. The summed E-state index contributed by atoms with van der Waals surface area (Å²) in [6.45, 7) is 6.43. The summed E-state index contributed by atoms with van der Waals surface area (Å²) in [6.07, 6.45) is 3.27. The number of rotatable bonds is 4. The van der Waals surface area contributed by atoms with E-state index in [1.165, 1.54) is 11.1 Å². The van der Waals surface area contributed by atoms with Crippen LogP contribution in [-0.4, -0.2) is 9.97 Å². The fourth-order valence-electron chi connectivity index (χ4n) is 2.15. The Hall–Kier alpha value is -1.94. The number of benzene rings is 1. The van der Waals surface area contributed by atoms with Gasteiger partial charge in [0, 0.05) is 6.20 Å². The standard InChI is InChI=1S/C16H18N2OS/c1-10(2)13-5-4-12(8-11(13)3)19-15-9-18-7-6-14(15)16(17)20/h4-10H,1-3H3,(H2,17,20). The molecule has 2 aromatic rings. The number of aryl methyl sites for hydroxylation is 1. The van der Waals surface area contributed by atoms with Crippen molar-refractivity contribution in [2.45, 2.75) is 26.7 Å². The average Bonchev–Trinajstić information content (AvgIpc) is 2.38. The van der Waals surface area contributed by atoms with E-state index in [1.807, 2.05) is 12.1 Å². The van der Waals surface area contributed by atoms with E-state index in [0.717, 1.165) is 5.75 Å². The van der Waals surface area contributed by atoms with E-state index in [1.54, 1.807) is 18.5 Å². The van der Waals surface area contributed by atoms with Gasteiger partial charge in [-0.25, -0.2) is 0 Å². The van der Waals surface area contributed by atoms with Crippen molar-refractivity contribution >= 4 is 17.2 Å². The summed E-state index contributed by atoms with van der Waals surface area (Å²) in [5.41, 5.74) is 8.91. The van der Waals surface area contributed by atoms with Gasteiger partial charge in [-0.15, -0.1) is 0 Å². The highest BCUT2D eigenvalue weighted by atomic mass is 32.1. The Morgan fingerprint density at radius 1 is 1.30 bits per heavy atom. The van der Waals surface area contributed by atoms with Gasteiger partial charge in [-0.3, -0.25) is 4.98 Å². The number of nitrogens with two attached hydrogens (primary N) is 1. The summed E-state index contributed by atoms with van der Waals surface area (Å²) in [5.74, 6) is 1.84. The lowest BCUT2D eigenvalue weighted by molar-refractivity contribution is 0.478. The molecule has 104 valence electrons. The van der Waals surface area contributed by atoms with Crippen LogP contribution in [-0.2, 0) is 0 Å². The fourth-order valence-corrected chi connectivity index (χ4v) is 2.32. The minimum atomic E-state index is 0.304. The molecule has 0 spiro atoms. The molecule has 3 nitrogen and oxygen atoms in total. The number of pyridine rings is 1. The predicted octanol–water partition coefficient (Wildman–Crippen LogP) is 3.94. The predicted molar refractivity (Wildman–Crippen MR) is 85.5 cm³/mol. The van der Waals surface area contributed by atoms with Gasteiger partial charge in [0.1, 0.15) is 10.7 Å². The van der Waals surface area contributed by atoms with Gasteiger partial charge >= 0.3 is 0 Å². The van der Waals surface area contributed by atoms with Gasteiger partial charge in [-0.2, -0.15) is 0 Å². The van der Waals surface area contributed by atoms with Gasteiger partial charge in [0.15, 0.2) is 5.75 Å². The molecule has 0 fully saturated rings. The van der Waals surface area contributed by atoms with E-state index in [4.69, 9.17) is 22.7 Å². The van der Waals surface area contributed by atoms with Gasteiger partial charge < -0.3 is 10.5 Å². The molecule has 2 rings (SSSR count). The number of aromatic nitrogens is 1. The summed E-state index contributed by atoms with van der Waals surface area (Å²) in [7, 11) is 0. The molecule has 0 unspecified atom stereocenters. The molecule has 1 aromatic carbocycles. The van der Waals surface area contributed by atoms with Crippen LogP contribution in [0.1, 0.15) is 36.5 Å². The van der Waals surface area contributed by atoms with Gasteiger partial charge in [-0.1, -0.05) is 32.1 Å². The molecule has 1 heterocycles. The van der Waals surface area contributed by atoms with Gasteiger partial charge in [0.25, 0.3) is 0 Å². The zero-order chi connectivity index (χ0) is 14.7. The van der Waals surface area contributed by atoms with Crippen molar-refractivity contribution in [3.63, 3.8) is 0 Å². The van der Waals surface area contributed by atoms with E-state index in [2.05, 4.69) is 31.8 Å². The molecule has 0 aliphatic carbocycles. The first-order chi connectivity index (χ1) is 9.49. The van der Waals surface area contributed by atoms with Crippen LogP contribution in [0.5, 0.6) is 11.5 Å². The lowest BCUT2D eigenvalue weighted by Crippen LogP contribution is -2.10. The molecule has 0 radical (unpaired) electrons. The molecule has 0 amide bonds. The lowest BCUT2D eigenvalue weighted by atomic mass is 9.98. The Morgan fingerprint density at radius 2 is 2.05 bits per heavy atom. The quantitative estimate of drug-likeness (QED) is 0.865. The third kappa shape index (κ3) is 3.14.